The Kier molecular flexibility index (Phi) is 1.38. The largest absolute Gasteiger partial charge is 0.287 e. The van der Waals surface area contributed by atoms with Gasteiger partial charge >= 0.3 is 0 Å². The van der Waals surface area contributed by atoms with Crippen molar-refractivity contribution in [1.82, 2.24) is 0 Å². The van der Waals surface area contributed by atoms with Crippen LogP contribution in [0.1, 0.15) is 33.1 Å². The predicted molar refractivity (Wildman–Crippen MR) is 54.5 cm³/mol. The van der Waals surface area contributed by atoms with E-state index in [1.165, 1.54) is 19.3 Å². The molecule has 0 unspecified atom stereocenters. The van der Waals surface area contributed by atoms with Gasteiger partial charge in [-0.25, -0.2) is 0 Å². The lowest BCUT2D eigenvalue weighted by atomic mass is 9.83. The second-order valence-corrected chi connectivity index (χ2v) is 6.47. The third-order valence-corrected chi connectivity index (χ3v) is 6.10. The van der Waals surface area contributed by atoms with Crippen LogP contribution >= 0.6 is 11.8 Å². The van der Waals surface area contributed by atoms with Crippen LogP contribution in [0.4, 0.5) is 0 Å². The topological polar surface area (TPSA) is 17.1 Å². The molecule has 2 saturated carbocycles. The van der Waals surface area contributed by atoms with Gasteiger partial charge in [0.1, 0.15) is 0 Å². The summed E-state index contributed by atoms with van der Waals surface area (Å²) in [5.41, 5.74) is 0.996. The number of carbonyl (C=O) groups is 1. The third kappa shape index (κ3) is 0.793. The molecule has 1 saturated heterocycles. The molecule has 2 heteroatoms. The SMILES string of the molecule is C[C@H]1CC[C@]23C[C@]2(C)CSC(=O)[C@H]13. The second kappa shape index (κ2) is 2.16. The smallest absolute Gasteiger partial charge is 0.192 e. The first-order valence-corrected chi connectivity index (χ1v) is 6.24. The second-order valence-electron chi connectivity index (χ2n) is 5.49. The zero-order valence-corrected chi connectivity index (χ0v) is 9.12. The average molecular weight is 196 g/mol. The van der Waals surface area contributed by atoms with Crippen molar-refractivity contribution in [2.45, 2.75) is 33.1 Å². The van der Waals surface area contributed by atoms with E-state index in [1.807, 2.05) is 0 Å². The summed E-state index contributed by atoms with van der Waals surface area (Å²) in [7, 11) is 0. The molecule has 3 rings (SSSR count). The van der Waals surface area contributed by atoms with Gasteiger partial charge in [0.15, 0.2) is 5.12 Å². The number of hydrogen-bond donors (Lipinski definition) is 0. The van der Waals surface area contributed by atoms with Gasteiger partial charge in [-0.2, -0.15) is 0 Å². The Morgan fingerprint density at radius 1 is 1.54 bits per heavy atom. The Labute approximate surface area is 83.7 Å². The van der Waals surface area contributed by atoms with Crippen LogP contribution in [0.25, 0.3) is 0 Å². The van der Waals surface area contributed by atoms with Crippen LogP contribution in [0.5, 0.6) is 0 Å². The fourth-order valence-electron chi connectivity index (χ4n) is 3.85. The quantitative estimate of drug-likeness (QED) is 0.592. The normalized spacial score (nSPS) is 58.8. The summed E-state index contributed by atoms with van der Waals surface area (Å²) in [6.07, 6.45) is 3.93. The zero-order chi connectivity index (χ0) is 9.27. The predicted octanol–water partition coefficient (Wildman–Crippen LogP) is 2.70. The summed E-state index contributed by atoms with van der Waals surface area (Å²) in [5, 5.41) is 0.500. The highest BCUT2D eigenvalue weighted by atomic mass is 32.2. The molecule has 0 aromatic heterocycles. The summed E-state index contributed by atoms with van der Waals surface area (Å²) < 4.78 is 0. The molecule has 0 radical (unpaired) electrons. The molecule has 72 valence electrons. The maximum Gasteiger partial charge on any atom is 0.192 e. The molecular formula is C11H16OS. The van der Waals surface area contributed by atoms with Crippen molar-refractivity contribution in [2.75, 3.05) is 5.75 Å². The Hall–Kier alpha value is 0.0200. The molecule has 13 heavy (non-hydrogen) atoms. The molecule has 1 nitrogen and oxygen atoms in total. The van der Waals surface area contributed by atoms with Gasteiger partial charge in [-0.15, -0.1) is 0 Å². The highest BCUT2D eigenvalue weighted by Gasteiger charge is 2.73. The summed E-state index contributed by atoms with van der Waals surface area (Å²) in [5.74, 6) is 2.16. The molecule has 3 fully saturated rings. The molecule has 0 aromatic carbocycles. The van der Waals surface area contributed by atoms with Crippen LogP contribution in [-0.2, 0) is 4.79 Å². The summed E-state index contributed by atoms with van der Waals surface area (Å²) in [6, 6.07) is 0. The molecule has 4 atom stereocenters. The maximum atomic E-state index is 11.8. The average Bonchev–Trinajstić information content (AvgIpc) is 2.54. The van der Waals surface area contributed by atoms with Crippen molar-refractivity contribution in [3.63, 3.8) is 0 Å². The molecule has 0 amide bonds. The maximum absolute atomic E-state index is 11.8. The van der Waals surface area contributed by atoms with Gasteiger partial charge in [-0.05, 0) is 36.0 Å². The van der Waals surface area contributed by atoms with E-state index < -0.39 is 0 Å². The molecule has 0 N–H and O–H groups in total. The minimum Gasteiger partial charge on any atom is -0.287 e. The molecule has 0 bridgehead atoms. The van der Waals surface area contributed by atoms with E-state index in [0.29, 0.717) is 27.8 Å². The number of hydrogen-bond acceptors (Lipinski definition) is 2. The van der Waals surface area contributed by atoms with E-state index in [2.05, 4.69) is 13.8 Å². The van der Waals surface area contributed by atoms with Crippen molar-refractivity contribution in [3.05, 3.63) is 0 Å². The standard InChI is InChI=1S/C11H16OS/c1-7-3-4-11-5-10(11,2)6-13-9(12)8(7)11/h7-8H,3-6H2,1-2H3/t7-,8-,10+,11+/m0/s1. The van der Waals surface area contributed by atoms with Crippen molar-refractivity contribution >= 4 is 16.9 Å². The summed E-state index contributed by atoms with van der Waals surface area (Å²) in [6.45, 7) is 4.65. The van der Waals surface area contributed by atoms with Gasteiger partial charge in [0.05, 0.1) is 0 Å². The van der Waals surface area contributed by atoms with Gasteiger partial charge in [0.2, 0.25) is 0 Å². The van der Waals surface area contributed by atoms with Crippen LogP contribution < -0.4 is 0 Å². The highest BCUT2D eigenvalue weighted by Crippen LogP contribution is 2.78. The third-order valence-electron chi connectivity index (χ3n) is 4.78. The van der Waals surface area contributed by atoms with Crippen LogP contribution in [-0.4, -0.2) is 10.9 Å². The van der Waals surface area contributed by atoms with Gasteiger partial charge in [-0.3, -0.25) is 4.79 Å². The van der Waals surface area contributed by atoms with E-state index in [-0.39, 0.29) is 0 Å². The lowest BCUT2D eigenvalue weighted by Crippen LogP contribution is -2.32. The van der Waals surface area contributed by atoms with E-state index >= 15 is 0 Å². The number of rotatable bonds is 0. The Balaban J connectivity index is 2.02. The molecule has 1 aliphatic heterocycles. The van der Waals surface area contributed by atoms with Crippen molar-refractivity contribution < 1.29 is 4.79 Å². The molecule has 1 spiro atoms. The van der Waals surface area contributed by atoms with Gasteiger partial charge in [0, 0.05) is 11.7 Å². The number of thioether (sulfide) groups is 1. The molecule has 0 aromatic rings. The van der Waals surface area contributed by atoms with Crippen LogP contribution in [0.2, 0.25) is 0 Å². The monoisotopic (exact) mass is 196 g/mol. The Morgan fingerprint density at radius 2 is 2.31 bits per heavy atom. The minimum absolute atomic E-state index is 0.413. The highest BCUT2D eigenvalue weighted by molar-refractivity contribution is 8.13. The van der Waals surface area contributed by atoms with E-state index in [4.69, 9.17) is 0 Å². The van der Waals surface area contributed by atoms with Crippen molar-refractivity contribution in [1.29, 1.82) is 0 Å². The van der Waals surface area contributed by atoms with Crippen molar-refractivity contribution in [2.24, 2.45) is 22.7 Å². The fraction of sp³-hybridized carbons (Fsp3) is 0.909. The first kappa shape index (κ1) is 8.34. The minimum atomic E-state index is 0.413. The molecule has 2 aliphatic carbocycles. The first-order valence-electron chi connectivity index (χ1n) is 5.26. The zero-order valence-electron chi connectivity index (χ0n) is 8.30. The van der Waals surface area contributed by atoms with Gasteiger partial charge in [0.25, 0.3) is 0 Å². The van der Waals surface area contributed by atoms with Crippen LogP contribution in [0, 0.1) is 22.7 Å². The van der Waals surface area contributed by atoms with Crippen LogP contribution in [0.15, 0.2) is 0 Å². The van der Waals surface area contributed by atoms with Crippen LogP contribution in [0.3, 0.4) is 0 Å². The number of carbonyl (C=O) groups excluding carboxylic acids is 1. The molecule has 3 aliphatic rings. The van der Waals surface area contributed by atoms with Crippen molar-refractivity contribution in [3.8, 4) is 0 Å². The summed E-state index contributed by atoms with van der Waals surface area (Å²) in [4.78, 5) is 11.8. The fourth-order valence-corrected chi connectivity index (χ4v) is 5.34. The summed E-state index contributed by atoms with van der Waals surface area (Å²) >= 11 is 1.60. The lowest BCUT2D eigenvalue weighted by Gasteiger charge is -2.30. The first-order chi connectivity index (χ1) is 6.09. The van der Waals surface area contributed by atoms with E-state index in [1.54, 1.807) is 11.8 Å². The van der Waals surface area contributed by atoms with E-state index in [9.17, 15) is 4.79 Å². The Bertz CT molecular complexity index is 284. The lowest BCUT2D eigenvalue weighted by molar-refractivity contribution is -0.117. The van der Waals surface area contributed by atoms with Gasteiger partial charge < -0.3 is 0 Å². The van der Waals surface area contributed by atoms with E-state index in [0.717, 1.165) is 5.75 Å². The molecular weight excluding hydrogens is 180 g/mol. The Morgan fingerprint density at radius 3 is 3.00 bits per heavy atom. The van der Waals surface area contributed by atoms with Gasteiger partial charge in [-0.1, -0.05) is 25.6 Å². The molecule has 1 heterocycles.